The lowest BCUT2D eigenvalue weighted by Crippen LogP contribution is -2.35. The zero-order valence-electron chi connectivity index (χ0n) is 15.1. The SMILES string of the molecule is COC1C(Cl)=CC(C(=O)NCc2c(C3CC3)ccc(N)c2CN)=CN1C. The zero-order valence-corrected chi connectivity index (χ0v) is 15.8. The van der Waals surface area contributed by atoms with Crippen molar-refractivity contribution in [2.45, 2.75) is 38.1 Å². The topological polar surface area (TPSA) is 93.6 Å². The molecule has 0 aromatic heterocycles. The summed E-state index contributed by atoms with van der Waals surface area (Å²) >= 11 is 6.22. The first-order valence-electron chi connectivity index (χ1n) is 8.68. The van der Waals surface area contributed by atoms with Gasteiger partial charge in [-0.3, -0.25) is 4.79 Å². The molecule has 1 fully saturated rings. The van der Waals surface area contributed by atoms with Gasteiger partial charge in [-0.05, 0) is 47.6 Å². The molecule has 6 nitrogen and oxygen atoms in total. The quantitative estimate of drug-likeness (QED) is 0.661. The van der Waals surface area contributed by atoms with Crippen LogP contribution in [0.15, 0.2) is 35.0 Å². The third-order valence-corrected chi connectivity index (χ3v) is 5.17. The molecule has 1 aromatic rings. The lowest BCUT2D eigenvalue weighted by atomic mass is 9.96. The van der Waals surface area contributed by atoms with Crippen LogP contribution in [-0.2, 0) is 22.6 Å². The molecule has 1 atom stereocenters. The number of anilines is 1. The lowest BCUT2D eigenvalue weighted by Gasteiger charge is -2.29. The monoisotopic (exact) mass is 376 g/mol. The number of rotatable bonds is 6. The Kier molecular flexibility index (Phi) is 5.55. The maximum absolute atomic E-state index is 12.6. The fourth-order valence-corrected chi connectivity index (χ4v) is 3.73. The van der Waals surface area contributed by atoms with E-state index < -0.39 is 0 Å². The average molecular weight is 377 g/mol. The van der Waals surface area contributed by atoms with Crippen LogP contribution in [-0.4, -0.2) is 31.2 Å². The van der Waals surface area contributed by atoms with Gasteiger partial charge in [0.2, 0.25) is 0 Å². The van der Waals surface area contributed by atoms with E-state index >= 15 is 0 Å². The fourth-order valence-electron chi connectivity index (χ4n) is 3.37. The van der Waals surface area contributed by atoms with Gasteiger partial charge in [-0.15, -0.1) is 0 Å². The number of nitrogens with zero attached hydrogens (tertiary/aromatic N) is 1. The number of nitrogens with one attached hydrogen (secondary N) is 1. The van der Waals surface area contributed by atoms with E-state index in [1.165, 1.54) is 18.4 Å². The van der Waals surface area contributed by atoms with Crippen molar-refractivity contribution in [2.24, 2.45) is 5.73 Å². The summed E-state index contributed by atoms with van der Waals surface area (Å²) in [5, 5.41) is 3.44. The standard InChI is InChI=1S/C19H25ClN4O2/c1-24-10-12(7-16(20)19(24)26-2)18(25)23-9-15-13(11-3-4-11)5-6-17(22)14(15)8-21/h5-7,10-11,19H,3-4,8-9,21-22H2,1-2H3,(H,23,25). The molecule has 0 spiro atoms. The van der Waals surface area contributed by atoms with Crippen molar-refractivity contribution in [3.05, 3.63) is 51.7 Å². The van der Waals surface area contributed by atoms with Crippen LogP contribution in [0.3, 0.4) is 0 Å². The number of methoxy groups -OCH3 is 1. The number of ether oxygens (including phenoxy) is 1. The highest BCUT2D eigenvalue weighted by Crippen LogP contribution is 2.43. The minimum atomic E-state index is -0.368. The van der Waals surface area contributed by atoms with E-state index in [-0.39, 0.29) is 12.1 Å². The van der Waals surface area contributed by atoms with Crippen molar-refractivity contribution in [3.63, 3.8) is 0 Å². The molecule has 1 aliphatic heterocycles. The van der Waals surface area contributed by atoms with E-state index in [1.54, 1.807) is 24.3 Å². The number of carbonyl (C=O) groups excluding carboxylic acids is 1. The van der Waals surface area contributed by atoms with Crippen LogP contribution in [0.25, 0.3) is 0 Å². The van der Waals surface area contributed by atoms with Gasteiger partial charge in [0.05, 0.1) is 10.6 Å². The molecular weight excluding hydrogens is 352 g/mol. The number of nitrogens with two attached hydrogens (primary N) is 2. The van der Waals surface area contributed by atoms with Crippen molar-refractivity contribution in [3.8, 4) is 0 Å². The van der Waals surface area contributed by atoms with E-state index in [1.807, 2.05) is 13.1 Å². The Bertz CT molecular complexity index is 771. The summed E-state index contributed by atoms with van der Waals surface area (Å²) in [6.45, 7) is 0.743. The van der Waals surface area contributed by atoms with Gasteiger partial charge >= 0.3 is 0 Å². The first-order valence-corrected chi connectivity index (χ1v) is 9.06. The number of hydrogen-bond acceptors (Lipinski definition) is 5. The van der Waals surface area contributed by atoms with Gasteiger partial charge in [-0.25, -0.2) is 0 Å². The second-order valence-electron chi connectivity index (χ2n) is 6.73. The van der Waals surface area contributed by atoms with Crippen molar-refractivity contribution in [2.75, 3.05) is 19.9 Å². The molecular formula is C19H25ClN4O2. The molecule has 7 heteroatoms. The number of benzene rings is 1. The molecule has 1 saturated carbocycles. The molecule has 3 rings (SSSR count). The van der Waals surface area contributed by atoms with Gasteiger partial charge in [0.25, 0.3) is 5.91 Å². The molecule has 1 aromatic carbocycles. The smallest absolute Gasteiger partial charge is 0.253 e. The van der Waals surface area contributed by atoms with E-state index in [0.29, 0.717) is 35.3 Å². The van der Waals surface area contributed by atoms with E-state index in [0.717, 1.165) is 11.1 Å². The van der Waals surface area contributed by atoms with Crippen molar-refractivity contribution >= 4 is 23.2 Å². The van der Waals surface area contributed by atoms with Crippen molar-refractivity contribution in [1.82, 2.24) is 10.2 Å². The first kappa shape index (κ1) is 18.8. The second kappa shape index (κ2) is 7.70. The second-order valence-corrected chi connectivity index (χ2v) is 7.17. The van der Waals surface area contributed by atoms with Crippen LogP contribution in [0.2, 0.25) is 0 Å². The molecule has 1 heterocycles. The lowest BCUT2D eigenvalue weighted by molar-refractivity contribution is -0.117. The first-order chi connectivity index (χ1) is 12.5. The molecule has 0 radical (unpaired) electrons. The van der Waals surface area contributed by atoms with E-state index in [2.05, 4.69) is 11.4 Å². The van der Waals surface area contributed by atoms with Crippen molar-refractivity contribution < 1.29 is 9.53 Å². The Hall–Kier alpha value is -2.02. The predicted molar refractivity (Wildman–Crippen MR) is 103 cm³/mol. The molecule has 5 N–H and O–H groups in total. The molecule has 26 heavy (non-hydrogen) atoms. The zero-order chi connectivity index (χ0) is 18.8. The van der Waals surface area contributed by atoms with Crippen LogP contribution in [0.1, 0.15) is 35.4 Å². The summed E-state index contributed by atoms with van der Waals surface area (Å²) < 4.78 is 5.29. The number of amides is 1. The van der Waals surface area contributed by atoms with Crippen molar-refractivity contribution in [1.29, 1.82) is 0 Å². The van der Waals surface area contributed by atoms with Gasteiger partial charge in [0.1, 0.15) is 0 Å². The minimum Gasteiger partial charge on any atom is -0.398 e. The summed E-state index contributed by atoms with van der Waals surface area (Å²) in [7, 11) is 3.39. The van der Waals surface area contributed by atoms with Crippen LogP contribution < -0.4 is 16.8 Å². The molecule has 140 valence electrons. The average Bonchev–Trinajstić information content (AvgIpc) is 3.44. The third kappa shape index (κ3) is 3.72. The molecule has 1 aliphatic carbocycles. The summed E-state index contributed by atoms with van der Waals surface area (Å²) in [5.74, 6) is 0.348. The van der Waals surface area contributed by atoms with Crippen LogP contribution >= 0.6 is 11.6 Å². The Morgan fingerprint density at radius 3 is 2.69 bits per heavy atom. The van der Waals surface area contributed by atoms with E-state index in [4.69, 9.17) is 27.8 Å². The minimum absolute atomic E-state index is 0.198. The maximum atomic E-state index is 12.6. The maximum Gasteiger partial charge on any atom is 0.253 e. The molecule has 1 amide bonds. The number of halogens is 1. The number of nitrogen functional groups attached to an aromatic ring is 1. The van der Waals surface area contributed by atoms with Gasteiger partial charge in [-0.2, -0.15) is 0 Å². The van der Waals surface area contributed by atoms with E-state index in [9.17, 15) is 4.79 Å². The number of carbonyl (C=O) groups is 1. The van der Waals surface area contributed by atoms with Gasteiger partial charge < -0.3 is 26.4 Å². The number of hydrogen-bond donors (Lipinski definition) is 3. The summed E-state index contributed by atoms with van der Waals surface area (Å²) in [4.78, 5) is 14.4. The highest BCUT2D eigenvalue weighted by Gasteiger charge is 2.28. The summed E-state index contributed by atoms with van der Waals surface area (Å²) in [5.41, 5.74) is 16.3. The van der Waals surface area contributed by atoms with Gasteiger partial charge in [0, 0.05) is 39.1 Å². The molecule has 0 bridgehead atoms. The Morgan fingerprint density at radius 2 is 2.12 bits per heavy atom. The highest BCUT2D eigenvalue weighted by atomic mass is 35.5. The fraction of sp³-hybridized carbons (Fsp3) is 0.421. The Labute approximate surface area is 158 Å². The number of likely N-dealkylation sites (N-methyl/N-ethyl adjacent to an activating group) is 1. The Morgan fingerprint density at radius 1 is 1.38 bits per heavy atom. The largest absolute Gasteiger partial charge is 0.398 e. The molecule has 1 unspecified atom stereocenters. The highest BCUT2D eigenvalue weighted by molar-refractivity contribution is 6.30. The summed E-state index contributed by atoms with van der Waals surface area (Å²) in [6.07, 6.45) is 5.33. The Balaban J connectivity index is 1.77. The normalized spacial score (nSPS) is 19.8. The van der Waals surface area contributed by atoms with Gasteiger partial charge in [-0.1, -0.05) is 17.7 Å². The third-order valence-electron chi connectivity index (χ3n) is 4.88. The predicted octanol–water partition coefficient (Wildman–Crippen LogP) is 2.15. The summed E-state index contributed by atoms with van der Waals surface area (Å²) in [6, 6.07) is 3.97. The van der Waals surface area contributed by atoms with Crippen LogP contribution in [0, 0.1) is 0 Å². The van der Waals surface area contributed by atoms with Gasteiger partial charge in [0.15, 0.2) is 6.23 Å². The molecule has 2 aliphatic rings. The van der Waals surface area contributed by atoms with Crippen LogP contribution in [0.4, 0.5) is 5.69 Å². The van der Waals surface area contributed by atoms with Crippen LogP contribution in [0.5, 0.6) is 0 Å². The molecule has 0 saturated heterocycles.